The highest BCUT2D eigenvalue weighted by Crippen LogP contribution is 2.40. The van der Waals surface area contributed by atoms with Gasteiger partial charge in [0.15, 0.2) is 0 Å². The van der Waals surface area contributed by atoms with Crippen molar-refractivity contribution in [1.29, 1.82) is 0 Å². The molecule has 1 saturated heterocycles. The molecule has 0 aliphatic carbocycles. The van der Waals surface area contributed by atoms with Gasteiger partial charge in [-0.2, -0.15) is 5.10 Å². The first-order valence-electron chi connectivity index (χ1n) is 9.30. The summed E-state index contributed by atoms with van der Waals surface area (Å²) in [5.74, 6) is -1.05. The minimum atomic E-state index is -1.05. The molecule has 6 nitrogen and oxygen atoms in total. The third kappa shape index (κ3) is 5.42. The van der Waals surface area contributed by atoms with Crippen LogP contribution in [0.15, 0.2) is 30.9 Å². The average molecular weight is 414 g/mol. The zero-order chi connectivity index (χ0) is 19.1. The molecule has 2 atom stereocenters. The van der Waals surface area contributed by atoms with E-state index in [2.05, 4.69) is 17.0 Å². The van der Waals surface area contributed by atoms with Gasteiger partial charge in [0.25, 0.3) is 0 Å². The summed E-state index contributed by atoms with van der Waals surface area (Å²) >= 11 is 12.5. The van der Waals surface area contributed by atoms with Crippen molar-refractivity contribution in [1.82, 2.24) is 14.8 Å². The highest BCUT2D eigenvalue weighted by molar-refractivity contribution is 6.35. The molecule has 2 aromatic rings. The maximum Gasteiger partial charge on any atom is 0.217 e. The Balaban J connectivity index is 1.67. The molecule has 1 aliphatic rings. The average Bonchev–Trinajstić information content (AvgIpc) is 3.29. The summed E-state index contributed by atoms with van der Waals surface area (Å²) in [6.07, 6.45) is 7.63. The second-order valence-corrected chi connectivity index (χ2v) is 7.50. The van der Waals surface area contributed by atoms with Crippen molar-refractivity contribution in [2.24, 2.45) is 0 Å². The maximum absolute atomic E-state index is 6.44. The topological polar surface area (TPSA) is 58.4 Å². The summed E-state index contributed by atoms with van der Waals surface area (Å²) in [4.78, 5) is 3.99. The van der Waals surface area contributed by atoms with E-state index in [0.717, 1.165) is 18.6 Å². The van der Waals surface area contributed by atoms with Crippen molar-refractivity contribution in [3.05, 3.63) is 46.5 Å². The molecular weight excluding hydrogens is 389 g/mol. The zero-order valence-corrected chi connectivity index (χ0v) is 17.0. The van der Waals surface area contributed by atoms with Gasteiger partial charge in [-0.25, -0.2) is 9.67 Å². The van der Waals surface area contributed by atoms with Crippen LogP contribution < -0.4 is 0 Å². The number of hydrogen-bond donors (Lipinski definition) is 0. The Morgan fingerprint density at radius 1 is 1.30 bits per heavy atom. The van der Waals surface area contributed by atoms with Crippen molar-refractivity contribution in [3.8, 4) is 0 Å². The van der Waals surface area contributed by atoms with E-state index in [1.54, 1.807) is 23.1 Å². The van der Waals surface area contributed by atoms with Gasteiger partial charge < -0.3 is 14.2 Å². The molecular formula is C19H25Cl2N3O3. The minimum absolute atomic E-state index is 0.175. The lowest BCUT2D eigenvalue weighted by molar-refractivity contribution is -0.193. The number of unbranched alkanes of at least 4 members (excludes halogenated alkanes) is 3. The molecule has 1 fully saturated rings. The lowest BCUT2D eigenvalue weighted by atomic mass is 10.1. The molecule has 1 aliphatic heterocycles. The Bertz CT molecular complexity index is 714. The van der Waals surface area contributed by atoms with Gasteiger partial charge >= 0.3 is 0 Å². The van der Waals surface area contributed by atoms with Gasteiger partial charge in [0.05, 0.1) is 18.2 Å². The van der Waals surface area contributed by atoms with Crippen LogP contribution >= 0.6 is 23.2 Å². The lowest BCUT2D eigenvalue weighted by Crippen LogP contribution is -2.35. The normalized spacial score (nSPS) is 22.4. The SMILES string of the molecule is CCCCCCOCC1COC(Cn2cncn2)(c2ccc(Cl)cc2Cl)O1. The van der Waals surface area contributed by atoms with Crippen LogP contribution in [0.5, 0.6) is 0 Å². The Kier molecular flexibility index (Phi) is 7.49. The molecule has 1 aromatic carbocycles. The molecule has 2 unspecified atom stereocenters. The van der Waals surface area contributed by atoms with Gasteiger partial charge in [-0.3, -0.25) is 0 Å². The summed E-state index contributed by atoms with van der Waals surface area (Å²) in [6.45, 7) is 4.17. The summed E-state index contributed by atoms with van der Waals surface area (Å²) < 4.78 is 19.9. The van der Waals surface area contributed by atoms with Crippen LogP contribution in [-0.2, 0) is 26.5 Å². The van der Waals surface area contributed by atoms with E-state index in [-0.39, 0.29) is 6.10 Å². The van der Waals surface area contributed by atoms with Crippen molar-refractivity contribution in [3.63, 3.8) is 0 Å². The lowest BCUT2D eigenvalue weighted by Gasteiger charge is -2.29. The standard InChI is InChI=1S/C19H25Cl2N3O3/c1-2-3-4-5-8-25-10-16-11-26-19(27-16,12-24-14-22-13-23-24)17-7-6-15(20)9-18(17)21/h6-7,9,13-14,16H,2-5,8,10-12H2,1H3. The summed E-state index contributed by atoms with van der Waals surface area (Å²) in [5.41, 5.74) is 0.717. The summed E-state index contributed by atoms with van der Waals surface area (Å²) in [7, 11) is 0. The number of nitrogens with zero attached hydrogens (tertiary/aromatic N) is 3. The molecule has 1 aromatic heterocycles. The molecule has 0 radical (unpaired) electrons. The largest absolute Gasteiger partial charge is 0.379 e. The van der Waals surface area contributed by atoms with E-state index >= 15 is 0 Å². The molecule has 27 heavy (non-hydrogen) atoms. The van der Waals surface area contributed by atoms with Crippen molar-refractivity contribution < 1.29 is 14.2 Å². The van der Waals surface area contributed by atoms with Crippen molar-refractivity contribution >= 4 is 23.2 Å². The highest BCUT2D eigenvalue weighted by Gasteiger charge is 2.45. The Labute approximate surface area is 169 Å². The van der Waals surface area contributed by atoms with E-state index in [9.17, 15) is 0 Å². The number of rotatable bonds is 10. The van der Waals surface area contributed by atoms with Crippen LogP contribution in [0.3, 0.4) is 0 Å². The number of halogens is 2. The zero-order valence-electron chi connectivity index (χ0n) is 15.4. The quantitative estimate of drug-likeness (QED) is 0.538. The number of benzene rings is 1. The molecule has 2 heterocycles. The van der Waals surface area contributed by atoms with E-state index in [1.807, 2.05) is 6.07 Å². The number of ether oxygens (including phenoxy) is 3. The molecule has 148 valence electrons. The highest BCUT2D eigenvalue weighted by atomic mass is 35.5. The van der Waals surface area contributed by atoms with Gasteiger partial charge in [-0.15, -0.1) is 0 Å². The fourth-order valence-corrected chi connectivity index (χ4v) is 3.68. The van der Waals surface area contributed by atoms with Crippen LogP contribution in [0.4, 0.5) is 0 Å². The van der Waals surface area contributed by atoms with Crippen LogP contribution in [0.2, 0.25) is 10.0 Å². The Morgan fingerprint density at radius 3 is 2.93 bits per heavy atom. The maximum atomic E-state index is 6.44. The molecule has 0 spiro atoms. The van der Waals surface area contributed by atoms with Crippen molar-refractivity contribution in [2.45, 2.75) is 51.0 Å². The Hall–Kier alpha value is -1.18. The molecule has 0 N–H and O–H groups in total. The third-order valence-corrected chi connectivity index (χ3v) is 5.03. The minimum Gasteiger partial charge on any atom is -0.379 e. The van der Waals surface area contributed by atoms with E-state index in [1.165, 1.54) is 25.6 Å². The van der Waals surface area contributed by atoms with Crippen LogP contribution in [0.1, 0.15) is 38.2 Å². The molecule has 3 rings (SSSR count). The predicted molar refractivity (Wildman–Crippen MR) is 104 cm³/mol. The summed E-state index contributed by atoms with van der Waals surface area (Å²) in [5, 5.41) is 5.22. The first kappa shape index (κ1) is 20.6. The van der Waals surface area contributed by atoms with E-state index in [4.69, 9.17) is 37.4 Å². The number of hydrogen-bond acceptors (Lipinski definition) is 5. The Morgan fingerprint density at radius 2 is 2.19 bits per heavy atom. The van der Waals surface area contributed by atoms with Crippen LogP contribution in [-0.4, -0.2) is 40.7 Å². The second-order valence-electron chi connectivity index (χ2n) is 6.66. The number of aromatic nitrogens is 3. The molecule has 0 amide bonds. The van der Waals surface area contributed by atoms with Gasteiger partial charge in [0.2, 0.25) is 5.79 Å². The van der Waals surface area contributed by atoms with Crippen molar-refractivity contribution in [2.75, 3.05) is 19.8 Å². The van der Waals surface area contributed by atoms with Crippen LogP contribution in [0, 0.1) is 0 Å². The fraction of sp³-hybridized carbons (Fsp3) is 0.579. The first-order chi connectivity index (χ1) is 13.1. The van der Waals surface area contributed by atoms with Gasteiger partial charge in [-0.1, -0.05) is 55.5 Å². The van der Waals surface area contributed by atoms with Gasteiger partial charge in [0, 0.05) is 17.2 Å². The molecule has 8 heteroatoms. The first-order valence-corrected chi connectivity index (χ1v) is 10.1. The second kappa shape index (κ2) is 9.85. The molecule has 0 bridgehead atoms. The summed E-state index contributed by atoms with van der Waals surface area (Å²) in [6, 6.07) is 5.29. The smallest absolute Gasteiger partial charge is 0.217 e. The molecule has 0 saturated carbocycles. The predicted octanol–water partition coefficient (Wildman–Crippen LogP) is 4.45. The fourth-order valence-electron chi connectivity index (χ4n) is 3.13. The van der Waals surface area contributed by atoms with Gasteiger partial charge in [-0.05, 0) is 18.6 Å². The van der Waals surface area contributed by atoms with E-state index < -0.39 is 5.79 Å². The third-order valence-electron chi connectivity index (χ3n) is 4.48. The van der Waals surface area contributed by atoms with E-state index in [0.29, 0.717) is 29.8 Å². The van der Waals surface area contributed by atoms with Crippen LogP contribution in [0.25, 0.3) is 0 Å². The monoisotopic (exact) mass is 413 g/mol. The van der Waals surface area contributed by atoms with Gasteiger partial charge in [0.1, 0.15) is 25.3 Å².